The molecule has 19 heteroatoms. The standard InChI is InChI=1S/C52H74O19/c1-25-15-41(65-31(7)57)49(21-59-27(3)53)35(11-13-37(63-29(5)55)51(49)23-61-51)47(25,9)39-17-33-19-43(70-45(33)67-39)69-44-20-34-18-40(68-46(34)71-44)48(10)26(2)16-42(66-32(8)58)50(22-60-28(4)54)36(48)12-14-38(64-30(6)56)52(50)24-62-52/h25-26,33-46H,11-24H2,1-10H3/t25-,26-,33+,34+,35-,36-,37+,38+,39-,40+,41+,42+,43-,44+,45-,46-,47+,48+,49+,50+,51-,52-/m1/s1. The van der Waals surface area contributed by atoms with Crippen molar-refractivity contribution in [2.75, 3.05) is 26.4 Å². The van der Waals surface area contributed by atoms with E-state index in [9.17, 15) is 28.8 Å². The minimum absolute atomic E-state index is 0.00719. The van der Waals surface area contributed by atoms with Crippen LogP contribution >= 0.6 is 0 Å². The largest absolute Gasteiger partial charge is 0.465 e. The van der Waals surface area contributed by atoms with Crippen LogP contribution in [0, 0.1) is 57.2 Å². The van der Waals surface area contributed by atoms with E-state index < -0.39 is 118 Å². The van der Waals surface area contributed by atoms with E-state index >= 15 is 0 Å². The molecule has 22 atom stereocenters. The fraction of sp³-hybridized carbons (Fsp3) is 0.885. The van der Waals surface area contributed by atoms with Gasteiger partial charge in [-0.2, -0.15) is 0 Å². The molecule has 10 aliphatic rings. The van der Waals surface area contributed by atoms with Crippen LogP contribution in [0.1, 0.15) is 133 Å². The summed E-state index contributed by atoms with van der Waals surface area (Å²) in [5, 5.41) is 0. The highest BCUT2D eigenvalue weighted by atomic mass is 16.8. The molecular formula is C52H74O19. The zero-order chi connectivity index (χ0) is 50.8. The molecule has 71 heavy (non-hydrogen) atoms. The fourth-order valence-corrected chi connectivity index (χ4v) is 16.6. The second-order valence-corrected chi connectivity index (χ2v) is 23.4. The maximum absolute atomic E-state index is 12.8. The van der Waals surface area contributed by atoms with Crippen LogP contribution in [0.3, 0.4) is 0 Å². The molecule has 19 nitrogen and oxygen atoms in total. The number of hydrogen-bond donors (Lipinski definition) is 0. The summed E-state index contributed by atoms with van der Waals surface area (Å²) in [7, 11) is 0. The van der Waals surface area contributed by atoms with E-state index in [2.05, 4.69) is 27.7 Å². The average Bonchev–Trinajstić information content (AvgIpc) is 4.06. The summed E-state index contributed by atoms with van der Waals surface area (Å²) in [6, 6.07) is 0. The molecule has 0 aromatic carbocycles. The van der Waals surface area contributed by atoms with E-state index in [0.717, 1.165) is 0 Å². The molecule has 396 valence electrons. The molecule has 0 amide bonds. The van der Waals surface area contributed by atoms with Gasteiger partial charge in [0, 0.05) is 77.0 Å². The average molecular weight is 1000 g/mol. The van der Waals surface area contributed by atoms with Gasteiger partial charge in [0.1, 0.15) is 48.8 Å². The number of epoxide rings is 2. The Kier molecular flexibility index (Phi) is 13.0. The van der Waals surface area contributed by atoms with Crippen LogP contribution in [-0.2, 0) is 90.3 Å². The summed E-state index contributed by atoms with van der Waals surface area (Å²) in [4.78, 5) is 75.4. The van der Waals surface area contributed by atoms with Gasteiger partial charge in [0.05, 0.1) is 36.3 Å². The zero-order valence-corrected chi connectivity index (χ0v) is 42.9. The maximum atomic E-state index is 12.8. The monoisotopic (exact) mass is 1000 g/mol. The van der Waals surface area contributed by atoms with Crippen LogP contribution in [0.2, 0.25) is 0 Å². The van der Waals surface area contributed by atoms with Crippen LogP contribution in [0.4, 0.5) is 0 Å². The molecule has 0 N–H and O–H groups in total. The molecule has 0 unspecified atom stereocenters. The van der Waals surface area contributed by atoms with Gasteiger partial charge < -0.3 is 61.6 Å². The van der Waals surface area contributed by atoms with Crippen LogP contribution in [0.25, 0.3) is 0 Å². The Labute approximate surface area is 415 Å². The number of esters is 6. The highest BCUT2D eigenvalue weighted by molar-refractivity contribution is 5.69. The maximum Gasteiger partial charge on any atom is 0.303 e. The van der Waals surface area contributed by atoms with E-state index in [-0.39, 0.29) is 74.1 Å². The molecule has 4 aliphatic carbocycles. The smallest absolute Gasteiger partial charge is 0.303 e. The van der Waals surface area contributed by atoms with Crippen LogP contribution in [-0.4, -0.2) is 135 Å². The van der Waals surface area contributed by atoms with Gasteiger partial charge in [-0.15, -0.1) is 0 Å². The number of carbonyl (C=O) groups is 6. The molecule has 10 rings (SSSR count). The molecule has 2 spiro atoms. The Balaban J connectivity index is 0.819. The lowest BCUT2D eigenvalue weighted by Crippen LogP contribution is -2.72. The molecule has 4 saturated carbocycles. The second kappa shape index (κ2) is 18.1. The molecule has 0 bridgehead atoms. The predicted molar refractivity (Wildman–Crippen MR) is 241 cm³/mol. The molecular weight excluding hydrogens is 929 g/mol. The van der Waals surface area contributed by atoms with Gasteiger partial charge in [0.15, 0.2) is 25.2 Å². The van der Waals surface area contributed by atoms with Crippen molar-refractivity contribution in [3.63, 3.8) is 0 Å². The quantitative estimate of drug-likeness (QED) is 0.138. The lowest BCUT2D eigenvalue weighted by Gasteiger charge is -2.64. The van der Waals surface area contributed by atoms with Crippen molar-refractivity contribution in [3.8, 4) is 0 Å². The summed E-state index contributed by atoms with van der Waals surface area (Å²) >= 11 is 0. The van der Waals surface area contributed by atoms with Gasteiger partial charge in [0.2, 0.25) is 0 Å². The van der Waals surface area contributed by atoms with Crippen molar-refractivity contribution >= 4 is 35.8 Å². The number of fused-ring (bicyclic) bond motifs is 6. The molecule has 10 fully saturated rings. The Hall–Kier alpha value is -3.46. The van der Waals surface area contributed by atoms with E-state index in [1.165, 1.54) is 41.5 Å². The van der Waals surface area contributed by atoms with Gasteiger partial charge in [-0.3, -0.25) is 28.8 Å². The molecule has 0 aromatic rings. The van der Waals surface area contributed by atoms with Crippen molar-refractivity contribution in [1.29, 1.82) is 0 Å². The summed E-state index contributed by atoms with van der Waals surface area (Å²) in [5.41, 5.74) is -5.07. The van der Waals surface area contributed by atoms with Gasteiger partial charge in [0.25, 0.3) is 0 Å². The Morgan fingerprint density at radius 3 is 1.13 bits per heavy atom. The van der Waals surface area contributed by atoms with Gasteiger partial charge in [-0.1, -0.05) is 27.7 Å². The summed E-state index contributed by atoms with van der Waals surface area (Å²) in [6.07, 6.45) is 0.481. The Morgan fingerprint density at radius 2 is 0.817 bits per heavy atom. The van der Waals surface area contributed by atoms with E-state index in [1.807, 2.05) is 0 Å². The fourth-order valence-electron chi connectivity index (χ4n) is 16.6. The van der Waals surface area contributed by atoms with Crippen LogP contribution in [0.15, 0.2) is 0 Å². The first-order chi connectivity index (χ1) is 33.5. The first kappa shape index (κ1) is 51.0. The zero-order valence-electron chi connectivity index (χ0n) is 42.9. The number of carbonyl (C=O) groups excluding carboxylic acids is 6. The van der Waals surface area contributed by atoms with E-state index in [0.29, 0.717) is 64.2 Å². The van der Waals surface area contributed by atoms with E-state index in [4.69, 9.17) is 61.6 Å². The highest BCUT2D eigenvalue weighted by Gasteiger charge is 2.82. The third-order valence-electron chi connectivity index (χ3n) is 20.0. The molecule has 0 radical (unpaired) electrons. The van der Waals surface area contributed by atoms with Crippen molar-refractivity contribution in [2.24, 2.45) is 57.2 Å². The van der Waals surface area contributed by atoms with Crippen molar-refractivity contribution < 1.29 is 90.3 Å². The predicted octanol–water partition coefficient (Wildman–Crippen LogP) is 5.23. The summed E-state index contributed by atoms with van der Waals surface area (Å²) in [5.74, 6) is -3.05. The summed E-state index contributed by atoms with van der Waals surface area (Å²) < 4.78 is 82.2. The van der Waals surface area contributed by atoms with Crippen LogP contribution < -0.4 is 0 Å². The SMILES string of the molecule is CC(=O)OC[C@@]12[C@@H](OC(C)=O)C[C@@H](C)[C@](C)([C@H]3C[C@H]4C[C@H](O[C@@H]5C[C@@H]6C[C@@H]([C@@]7(C)[C@H](C)C[C@H](OC(C)=O)[C@]8(COC(C)=O)[C@@H]7CC[C@H](OC(C)=O)[C@]87CO7)O[C@@H]6O5)O[C@H]4O3)[C@H]1CC[C@H](OC(C)=O)[C@]21CO1. The summed E-state index contributed by atoms with van der Waals surface area (Å²) in [6.45, 7) is 17.4. The van der Waals surface area contributed by atoms with Crippen molar-refractivity contribution in [2.45, 2.75) is 206 Å². The minimum Gasteiger partial charge on any atom is -0.465 e. The molecule has 6 aliphatic heterocycles. The van der Waals surface area contributed by atoms with Crippen LogP contribution in [0.5, 0.6) is 0 Å². The van der Waals surface area contributed by atoms with Gasteiger partial charge >= 0.3 is 35.8 Å². The lowest BCUT2D eigenvalue weighted by atomic mass is 9.42. The molecule has 6 saturated heterocycles. The van der Waals surface area contributed by atoms with Gasteiger partial charge in [-0.05, 0) is 75.0 Å². The minimum atomic E-state index is -1.01. The van der Waals surface area contributed by atoms with Gasteiger partial charge in [-0.25, -0.2) is 0 Å². The second-order valence-electron chi connectivity index (χ2n) is 23.4. The Bertz CT molecular complexity index is 1970. The van der Waals surface area contributed by atoms with E-state index in [1.54, 1.807) is 0 Å². The Morgan fingerprint density at radius 1 is 0.465 bits per heavy atom. The normalized spacial score (nSPS) is 49.9. The lowest BCUT2D eigenvalue weighted by molar-refractivity contribution is -0.304. The number of hydrogen-bond acceptors (Lipinski definition) is 19. The first-order valence-corrected chi connectivity index (χ1v) is 26.0. The van der Waals surface area contributed by atoms with Crippen molar-refractivity contribution in [1.82, 2.24) is 0 Å². The topological polar surface area (TPSA) is 229 Å². The highest BCUT2D eigenvalue weighted by Crippen LogP contribution is 2.73. The number of rotatable bonds is 12. The first-order valence-electron chi connectivity index (χ1n) is 26.0. The molecule has 0 aromatic heterocycles. The number of ether oxygens (including phenoxy) is 13. The third kappa shape index (κ3) is 7.97. The third-order valence-corrected chi connectivity index (χ3v) is 20.0. The van der Waals surface area contributed by atoms with Crippen molar-refractivity contribution in [3.05, 3.63) is 0 Å². The molecule has 6 heterocycles.